The SMILES string of the molecule is C[C@H]1CN(C(=O)CSc2nnc(CNC(=O)c3ccc(S(=O)(=O)N(C)C)cc3)o2)C[C@H](C)O1. The number of carbonyl (C=O) groups excluding carboxylic acids is 2. The number of thioether (sulfide) groups is 1. The van der Waals surface area contributed by atoms with Crippen LogP contribution in [0.3, 0.4) is 0 Å². The molecule has 1 N–H and O–H groups in total. The van der Waals surface area contributed by atoms with Crippen molar-refractivity contribution in [3.05, 3.63) is 35.7 Å². The van der Waals surface area contributed by atoms with Crippen molar-refractivity contribution in [1.82, 2.24) is 24.7 Å². The quantitative estimate of drug-likeness (QED) is 0.529. The van der Waals surface area contributed by atoms with E-state index in [1.165, 1.54) is 38.4 Å². The third-order valence-corrected chi connectivity index (χ3v) is 7.47. The predicted octanol–water partition coefficient (Wildman–Crippen LogP) is 0.978. The van der Waals surface area contributed by atoms with Gasteiger partial charge in [0.05, 0.1) is 29.4 Å². The Kier molecular flexibility index (Phi) is 8.10. The van der Waals surface area contributed by atoms with Crippen LogP contribution in [0, 0.1) is 0 Å². The van der Waals surface area contributed by atoms with Gasteiger partial charge in [0.15, 0.2) is 0 Å². The topological polar surface area (TPSA) is 135 Å². The maximum atomic E-state index is 12.4. The lowest BCUT2D eigenvalue weighted by atomic mass is 10.2. The first-order valence-electron chi connectivity index (χ1n) is 10.3. The van der Waals surface area contributed by atoms with E-state index >= 15 is 0 Å². The van der Waals surface area contributed by atoms with Crippen LogP contribution >= 0.6 is 11.8 Å². The summed E-state index contributed by atoms with van der Waals surface area (Å²) in [6.45, 7) is 4.96. The zero-order chi connectivity index (χ0) is 24.2. The second-order valence-electron chi connectivity index (χ2n) is 7.80. The molecule has 2 heterocycles. The molecule has 180 valence electrons. The minimum Gasteiger partial charge on any atom is -0.414 e. The Morgan fingerprint density at radius 1 is 1.15 bits per heavy atom. The zero-order valence-corrected chi connectivity index (χ0v) is 20.5. The molecule has 2 atom stereocenters. The number of sulfonamides is 1. The molecule has 1 aliphatic rings. The molecule has 2 amide bonds. The number of ether oxygens (including phenoxy) is 1. The van der Waals surface area contributed by atoms with Crippen LogP contribution in [0.15, 0.2) is 38.8 Å². The molecular formula is C20H27N5O6S2. The Labute approximate surface area is 196 Å². The van der Waals surface area contributed by atoms with Gasteiger partial charge in [0.1, 0.15) is 0 Å². The summed E-state index contributed by atoms with van der Waals surface area (Å²) in [6, 6.07) is 5.61. The van der Waals surface area contributed by atoms with Crippen molar-refractivity contribution in [2.45, 2.75) is 42.7 Å². The Bertz CT molecular complexity index is 1080. The van der Waals surface area contributed by atoms with Gasteiger partial charge in [-0.3, -0.25) is 9.59 Å². The molecular weight excluding hydrogens is 470 g/mol. The van der Waals surface area contributed by atoms with Crippen LogP contribution in [-0.4, -0.2) is 84.8 Å². The van der Waals surface area contributed by atoms with Gasteiger partial charge in [0.25, 0.3) is 11.1 Å². The van der Waals surface area contributed by atoms with Crippen molar-refractivity contribution in [3.8, 4) is 0 Å². The molecule has 33 heavy (non-hydrogen) atoms. The molecule has 1 saturated heterocycles. The molecule has 13 heteroatoms. The smallest absolute Gasteiger partial charge is 0.277 e. The molecule has 0 unspecified atom stereocenters. The Morgan fingerprint density at radius 3 is 2.39 bits per heavy atom. The molecule has 1 aliphatic heterocycles. The van der Waals surface area contributed by atoms with Crippen LogP contribution in [0.25, 0.3) is 0 Å². The molecule has 0 spiro atoms. The van der Waals surface area contributed by atoms with E-state index in [0.29, 0.717) is 18.7 Å². The van der Waals surface area contributed by atoms with Gasteiger partial charge in [0.2, 0.25) is 21.8 Å². The van der Waals surface area contributed by atoms with Crippen molar-refractivity contribution in [1.29, 1.82) is 0 Å². The highest BCUT2D eigenvalue weighted by Crippen LogP contribution is 2.19. The van der Waals surface area contributed by atoms with Gasteiger partial charge in [-0.05, 0) is 38.1 Å². The van der Waals surface area contributed by atoms with E-state index in [1.54, 1.807) is 4.90 Å². The van der Waals surface area contributed by atoms with Gasteiger partial charge in [0, 0.05) is 32.7 Å². The van der Waals surface area contributed by atoms with E-state index in [9.17, 15) is 18.0 Å². The van der Waals surface area contributed by atoms with Crippen LogP contribution in [0.2, 0.25) is 0 Å². The van der Waals surface area contributed by atoms with Crippen LogP contribution < -0.4 is 5.32 Å². The summed E-state index contributed by atoms with van der Waals surface area (Å²) in [5, 5.41) is 10.7. The van der Waals surface area contributed by atoms with Crippen molar-refractivity contribution in [3.63, 3.8) is 0 Å². The summed E-state index contributed by atoms with van der Waals surface area (Å²) < 4.78 is 36.4. The highest BCUT2D eigenvalue weighted by Gasteiger charge is 2.26. The second kappa shape index (κ2) is 10.6. The van der Waals surface area contributed by atoms with Crippen molar-refractivity contribution < 1.29 is 27.2 Å². The van der Waals surface area contributed by atoms with Crippen LogP contribution in [0.5, 0.6) is 0 Å². The first kappa shape index (κ1) is 25.1. The maximum Gasteiger partial charge on any atom is 0.277 e. The highest BCUT2D eigenvalue weighted by molar-refractivity contribution is 7.99. The highest BCUT2D eigenvalue weighted by atomic mass is 32.2. The van der Waals surface area contributed by atoms with Gasteiger partial charge < -0.3 is 19.4 Å². The zero-order valence-electron chi connectivity index (χ0n) is 18.8. The van der Waals surface area contributed by atoms with Crippen molar-refractivity contribution >= 4 is 33.6 Å². The van der Waals surface area contributed by atoms with E-state index in [4.69, 9.17) is 9.15 Å². The standard InChI is InChI=1S/C20H27N5O6S2/c1-13-10-25(11-14(2)30-13)18(26)12-32-20-23-22-17(31-20)9-21-19(27)15-5-7-16(8-6-15)33(28,29)24(3)4/h5-8,13-14H,9-12H2,1-4H3,(H,21,27)/t13-,14-/m0/s1. The van der Waals surface area contributed by atoms with E-state index in [-0.39, 0.29) is 46.4 Å². The minimum absolute atomic E-state index is 0.00339. The first-order valence-corrected chi connectivity index (χ1v) is 12.7. The predicted molar refractivity (Wildman–Crippen MR) is 120 cm³/mol. The minimum atomic E-state index is -3.56. The molecule has 0 aliphatic carbocycles. The summed E-state index contributed by atoms with van der Waals surface area (Å²) in [4.78, 5) is 26.6. The van der Waals surface area contributed by atoms with Crippen molar-refractivity contribution in [2.75, 3.05) is 32.9 Å². The third-order valence-electron chi connectivity index (χ3n) is 4.83. The second-order valence-corrected chi connectivity index (χ2v) is 10.9. The van der Waals surface area contributed by atoms with E-state index in [2.05, 4.69) is 15.5 Å². The lowest BCUT2D eigenvalue weighted by Gasteiger charge is -2.35. The molecule has 0 radical (unpaired) electrons. The Hall–Kier alpha value is -2.48. The summed E-state index contributed by atoms with van der Waals surface area (Å²) in [6.07, 6.45) is -0.00943. The number of hydrogen-bond donors (Lipinski definition) is 1. The van der Waals surface area contributed by atoms with Crippen LogP contribution in [0.4, 0.5) is 0 Å². The van der Waals surface area contributed by atoms with Gasteiger partial charge in [-0.2, -0.15) is 0 Å². The average Bonchev–Trinajstić information content (AvgIpc) is 3.23. The van der Waals surface area contributed by atoms with Crippen molar-refractivity contribution in [2.24, 2.45) is 0 Å². The Balaban J connectivity index is 1.48. The molecule has 0 saturated carbocycles. The largest absolute Gasteiger partial charge is 0.414 e. The number of morpholine rings is 1. The molecule has 1 aromatic heterocycles. The van der Waals surface area contributed by atoms with Crippen LogP contribution in [0.1, 0.15) is 30.1 Å². The third kappa shape index (κ3) is 6.53. The van der Waals surface area contributed by atoms with Gasteiger partial charge in [-0.15, -0.1) is 10.2 Å². The van der Waals surface area contributed by atoms with E-state index in [0.717, 1.165) is 16.1 Å². The number of nitrogens with one attached hydrogen (secondary N) is 1. The number of benzene rings is 1. The number of aromatic nitrogens is 2. The summed E-state index contributed by atoms with van der Waals surface area (Å²) in [5.41, 5.74) is 0.293. The van der Waals surface area contributed by atoms with Gasteiger partial charge in [-0.25, -0.2) is 12.7 Å². The van der Waals surface area contributed by atoms with Crippen LogP contribution in [-0.2, 0) is 26.1 Å². The van der Waals surface area contributed by atoms with Gasteiger partial charge >= 0.3 is 0 Å². The average molecular weight is 498 g/mol. The molecule has 1 aromatic carbocycles. The summed E-state index contributed by atoms with van der Waals surface area (Å²) >= 11 is 1.14. The number of rotatable bonds is 8. The normalized spacial score (nSPS) is 19.0. The fourth-order valence-electron chi connectivity index (χ4n) is 3.21. The fraction of sp³-hybridized carbons (Fsp3) is 0.500. The molecule has 2 aromatic rings. The summed E-state index contributed by atoms with van der Waals surface area (Å²) in [7, 11) is -0.690. The molecule has 0 bridgehead atoms. The Morgan fingerprint density at radius 2 is 1.79 bits per heavy atom. The first-order chi connectivity index (χ1) is 15.6. The van der Waals surface area contributed by atoms with E-state index in [1.807, 2.05) is 13.8 Å². The monoisotopic (exact) mass is 497 g/mol. The number of nitrogens with zero attached hydrogens (tertiary/aromatic N) is 4. The summed E-state index contributed by atoms with van der Waals surface area (Å²) in [5.74, 6) is -0.0919. The molecule has 1 fully saturated rings. The van der Waals surface area contributed by atoms with Gasteiger partial charge in [-0.1, -0.05) is 11.8 Å². The molecule has 3 rings (SSSR count). The lowest BCUT2D eigenvalue weighted by Crippen LogP contribution is -2.48. The maximum absolute atomic E-state index is 12.4. The number of hydrogen-bond acceptors (Lipinski definition) is 9. The fourth-order valence-corrected chi connectivity index (χ4v) is 4.80. The number of amides is 2. The molecule has 11 nitrogen and oxygen atoms in total. The number of carbonyl (C=O) groups is 2. The van der Waals surface area contributed by atoms with E-state index < -0.39 is 15.9 Å². The lowest BCUT2D eigenvalue weighted by molar-refractivity contribution is -0.140.